The third kappa shape index (κ3) is 2.03. The van der Waals surface area contributed by atoms with Gasteiger partial charge in [0.1, 0.15) is 10.8 Å². The lowest BCUT2D eigenvalue weighted by molar-refractivity contribution is 0.336. The summed E-state index contributed by atoms with van der Waals surface area (Å²) in [4.78, 5) is 4.89. The third-order valence-corrected chi connectivity index (χ3v) is 5.55. The molecule has 1 unspecified atom stereocenters. The second-order valence-corrected chi connectivity index (χ2v) is 6.62. The first-order chi connectivity index (χ1) is 9.15. The van der Waals surface area contributed by atoms with Gasteiger partial charge >= 0.3 is 0 Å². The molecule has 102 valence electrons. The van der Waals surface area contributed by atoms with Gasteiger partial charge in [0.05, 0.1) is 17.3 Å². The van der Waals surface area contributed by atoms with Crippen LogP contribution in [0.2, 0.25) is 0 Å². The third-order valence-electron chi connectivity index (χ3n) is 4.32. The van der Waals surface area contributed by atoms with Crippen LogP contribution in [-0.2, 0) is 5.41 Å². The van der Waals surface area contributed by atoms with Gasteiger partial charge in [-0.2, -0.15) is 0 Å². The molecule has 1 aromatic heterocycles. The van der Waals surface area contributed by atoms with Crippen molar-refractivity contribution in [2.24, 2.45) is 5.92 Å². The van der Waals surface area contributed by atoms with Crippen LogP contribution in [-0.4, -0.2) is 25.2 Å². The van der Waals surface area contributed by atoms with Crippen molar-refractivity contribution >= 4 is 21.6 Å². The van der Waals surface area contributed by atoms with Crippen LogP contribution < -0.4 is 10.1 Å². The molecule has 1 aliphatic heterocycles. The summed E-state index contributed by atoms with van der Waals surface area (Å²) >= 11 is 1.82. The number of methoxy groups -OCH3 is 1. The van der Waals surface area contributed by atoms with Gasteiger partial charge in [0.2, 0.25) is 0 Å². The van der Waals surface area contributed by atoms with E-state index in [1.807, 2.05) is 17.4 Å². The van der Waals surface area contributed by atoms with E-state index < -0.39 is 0 Å². The smallest absolute Gasteiger partial charge is 0.120 e. The zero-order valence-electron chi connectivity index (χ0n) is 11.7. The fraction of sp³-hybridized carbons (Fsp3) is 0.533. The van der Waals surface area contributed by atoms with Crippen LogP contribution >= 0.6 is 11.3 Å². The number of fused-ring (bicyclic) bond motifs is 1. The molecule has 2 heterocycles. The molecule has 3 nitrogen and oxygen atoms in total. The zero-order chi connectivity index (χ0) is 13.5. The normalized spacial score (nSPS) is 23.4. The van der Waals surface area contributed by atoms with E-state index in [0.29, 0.717) is 5.92 Å². The van der Waals surface area contributed by atoms with E-state index in [1.165, 1.54) is 16.1 Å². The molecule has 1 fully saturated rings. The Balaban J connectivity index is 2.09. The van der Waals surface area contributed by atoms with Crippen LogP contribution in [0.25, 0.3) is 10.2 Å². The minimum Gasteiger partial charge on any atom is -0.497 e. The Hall–Kier alpha value is -1.13. The lowest BCUT2D eigenvalue weighted by Gasteiger charge is -2.30. The molecule has 2 aromatic rings. The van der Waals surface area contributed by atoms with Gasteiger partial charge in [-0.3, -0.25) is 0 Å². The molecule has 4 heteroatoms. The van der Waals surface area contributed by atoms with Gasteiger partial charge in [-0.05, 0) is 37.1 Å². The maximum atomic E-state index is 5.30. The zero-order valence-corrected chi connectivity index (χ0v) is 12.5. The molecule has 1 atom stereocenters. The van der Waals surface area contributed by atoms with Gasteiger partial charge in [-0.1, -0.05) is 13.8 Å². The van der Waals surface area contributed by atoms with Crippen LogP contribution in [0.1, 0.15) is 25.3 Å². The highest BCUT2D eigenvalue weighted by atomic mass is 32.1. The molecule has 0 bridgehead atoms. The van der Waals surface area contributed by atoms with Gasteiger partial charge in [-0.15, -0.1) is 11.3 Å². The molecule has 1 N–H and O–H groups in total. The van der Waals surface area contributed by atoms with Crippen molar-refractivity contribution in [3.05, 3.63) is 23.2 Å². The Morgan fingerprint density at radius 2 is 2.26 bits per heavy atom. The first-order valence-electron chi connectivity index (χ1n) is 6.81. The van der Waals surface area contributed by atoms with E-state index >= 15 is 0 Å². The molecule has 0 aliphatic carbocycles. The van der Waals surface area contributed by atoms with Gasteiger partial charge < -0.3 is 10.1 Å². The Kier molecular flexibility index (Phi) is 3.23. The molecule has 0 saturated carbocycles. The topological polar surface area (TPSA) is 34.1 Å². The standard InChI is InChI=1S/C15H20N2OS/c1-10(2)15(6-7-16-9-15)14-17-12-5-4-11(18-3)8-13(12)19-14/h4-5,8,10,16H,6-7,9H2,1-3H3. The first kappa shape index (κ1) is 12.9. The quantitative estimate of drug-likeness (QED) is 0.935. The fourth-order valence-electron chi connectivity index (χ4n) is 2.88. The predicted molar refractivity (Wildman–Crippen MR) is 80.2 cm³/mol. The number of thiazole rings is 1. The number of ether oxygens (including phenoxy) is 1. The molecule has 0 radical (unpaired) electrons. The van der Waals surface area contributed by atoms with E-state index in [4.69, 9.17) is 9.72 Å². The molecule has 19 heavy (non-hydrogen) atoms. The molecule has 0 spiro atoms. The van der Waals surface area contributed by atoms with Crippen LogP contribution in [0.5, 0.6) is 5.75 Å². The van der Waals surface area contributed by atoms with Crippen molar-refractivity contribution in [2.45, 2.75) is 25.7 Å². The van der Waals surface area contributed by atoms with E-state index in [9.17, 15) is 0 Å². The fourth-order valence-corrected chi connectivity index (χ4v) is 4.24. The van der Waals surface area contributed by atoms with E-state index in [2.05, 4.69) is 31.3 Å². The highest BCUT2D eigenvalue weighted by Gasteiger charge is 2.41. The molecule has 1 aromatic carbocycles. The van der Waals surface area contributed by atoms with Crippen molar-refractivity contribution < 1.29 is 4.74 Å². The van der Waals surface area contributed by atoms with Gasteiger partial charge in [0, 0.05) is 12.0 Å². The summed E-state index contributed by atoms with van der Waals surface area (Å²) in [5.74, 6) is 1.51. The minimum atomic E-state index is 0.205. The van der Waals surface area contributed by atoms with Crippen molar-refractivity contribution in [1.82, 2.24) is 10.3 Å². The Bertz CT molecular complexity index is 585. The molecular formula is C15H20N2OS. The largest absolute Gasteiger partial charge is 0.497 e. The van der Waals surface area contributed by atoms with Crippen LogP contribution in [0.4, 0.5) is 0 Å². The van der Waals surface area contributed by atoms with Gasteiger partial charge in [0.15, 0.2) is 0 Å². The van der Waals surface area contributed by atoms with Crippen molar-refractivity contribution in [1.29, 1.82) is 0 Å². The monoisotopic (exact) mass is 276 g/mol. The van der Waals surface area contributed by atoms with Crippen molar-refractivity contribution in [3.63, 3.8) is 0 Å². The van der Waals surface area contributed by atoms with E-state index in [1.54, 1.807) is 7.11 Å². The highest BCUT2D eigenvalue weighted by molar-refractivity contribution is 7.18. The lowest BCUT2D eigenvalue weighted by atomic mass is 9.77. The molecule has 1 aliphatic rings. The molecule has 0 amide bonds. The molecule has 1 saturated heterocycles. The van der Waals surface area contributed by atoms with Crippen LogP contribution in [0.3, 0.4) is 0 Å². The van der Waals surface area contributed by atoms with Crippen molar-refractivity contribution in [2.75, 3.05) is 20.2 Å². The van der Waals surface area contributed by atoms with Crippen LogP contribution in [0.15, 0.2) is 18.2 Å². The highest BCUT2D eigenvalue weighted by Crippen LogP contribution is 2.41. The summed E-state index contributed by atoms with van der Waals surface area (Å²) in [6.07, 6.45) is 1.18. The summed E-state index contributed by atoms with van der Waals surface area (Å²) in [5, 5.41) is 4.78. The summed E-state index contributed by atoms with van der Waals surface area (Å²) in [6, 6.07) is 6.14. The van der Waals surface area contributed by atoms with Gasteiger partial charge in [0.25, 0.3) is 0 Å². The summed E-state index contributed by atoms with van der Waals surface area (Å²) < 4.78 is 6.52. The maximum Gasteiger partial charge on any atom is 0.120 e. The number of nitrogens with zero attached hydrogens (tertiary/aromatic N) is 1. The summed E-state index contributed by atoms with van der Waals surface area (Å²) in [7, 11) is 1.71. The Labute approximate surface area is 118 Å². The second kappa shape index (κ2) is 4.76. The number of nitrogens with one attached hydrogen (secondary N) is 1. The maximum absolute atomic E-state index is 5.30. The van der Waals surface area contributed by atoms with E-state index in [-0.39, 0.29) is 5.41 Å². The Morgan fingerprint density at radius 1 is 1.42 bits per heavy atom. The number of hydrogen-bond donors (Lipinski definition) is 1. The number of hydrogen-bond acceptors (Lipinski definition) is 4. The average molecular weight is 276 g/mol. The SMILES string of the molecule is COc1ccc2nc(C3(C(C)C)CCNC3)sc2c1. The second-order valence-electron chi connectivity index (χ2n) is 5.59. The number of aromatic nitrogens is 1. The minimum absolute atomic E-state index is 0.205. The lowest BCUT2D eigenvalue weighted by Crippen LogP contribution is -2.34. The number of benzene rings is 1. The molecular weight excluding hydrogens is 256 g/mol. The van der Waals surface area contributed by atoms with Crippen molar-refractivity contribution in [3.8, 4) is 5.75 Å². The average Bonchev–Trinajstić information content (AvgIpc) is 3.04. The molecule has 3 rings (SSSR count). The van der Waals surface area contributed by atoms with E-state index in [0.717, 1.165) is 24.4 Å². The predicted octanol–water partition coefficient (Wildman–Crippen LogP) is 3.19. The number of rotatable bonds is 3. The summed E-state index contributed by atoms with van der Waals surface area (Å²) in [5.41, 5.74) is 1.30. The summed E-state index contributed by atoms with van der Waals surface area (Å²) in [6.45, 7) is 6.75. The van der Waals surface area contributed by atoms with Gasteiger partial charge in [-0.25, -0.2) is 4.98 Å². The first-order valence-corrected chi connectivity index (χ1v) is 7.63. The Morgan fingerprint density at radius 3 is 2.89 bits per heavy atom. The van der Waals surface area contributed by atoms with Crippen LogP contribution in [0, 0.1) is 5.92 Å².